The van der Waals surface area contributed by atoms with E-state index >= 15 is 0 Å². The second-order valence-electron chi connectivity index (χ2n) is 4.93. The van der Waals surface area contributed by atoms with Crippen LogP contribution in [0.2, 0.25) is 0 Å². The number of fused-ring (bicyclic) bond motifs is 1. The Hall–Kier alpha value is -1.88. The zero-order chi connectivity index (χ0) is 13.2. The smallest absolute Gasteiger partial charge is 0.337 e. The molecule has 0 aliphatic carbocycles. The number of nitrogens with zero attached hydrogens (tertiary/aromatic N) is 2. The van der Waals surface area contributed by atoms with Gasteiger partial charge in [0.2, 0.25) is 0 Å². The number of ether oxygens (including phenoxy) is 1. The van der Waals surface area contributed by atoms with Crippen LogP contribution in [0.5, 0.6) is 0 Å². The minimum absolute atomic E-state index is 0.321. The van der Waals surface area contributed by atoms with Crippen molar-refractivity contribution in [3.05, 3.63) is 30.1 Å². The third-order valence-corrected chi connectivity index (χ3v) is 3.66. The van der Waals surface area contributed by atoms with E-state index in [0.717, 1.165) is 43.6 Å². The first-order valence-electron chi connectivity index (χ1n) is 6.50. The van der Waals surface area contributed by atoms with Gasteiger partial charge in [-0.05, 0) is 30.9 Å². The van der Waals surface area contributed by atoms with Crippen molar-refractivity contribution in [2.75, 3.05) is 13.2 Å². The van der Waals surface area contributed by atoms with Crippen LogP contribution >= 0.6 is 0 Å². The lowest BCUT2D eigenvalue weighted by molar-refractivity contribution is 0.0614. The second kappa shape index (κ2) is 5.01. The molecule has 2 aromatic rings. The number of aromatic nitrogens is 2. The molecule has 1 saturated heterocycles. The number of para-hydroxylation sites is 1. The van der Waals surface area contributed by atoms with Gasteiger partial charge in [0.25, 0.3) is 0 Å². The van der Waals surface area contributed by atoms with Crippen molar-refractivity contribution in [2.45, 2.75) is 19.4 Å². The van der Waals surface area contributed by atoms with Crippen LogP contribution in [0.1, 0.15) is 23.2 Å². The summed E-state index contributed by atoms with van der Waals surface area (Å²) in [5.41, 5.74) is 1.79. The summed E-state index contributed by atoms with van der Waals surface area (Å²) in [6, 6.07) is 5.21. The fourth-order valence-electron chi connectivity index (χ4n) is 2.65. The fourth-order valence-corrected chi connectivity index (χ4v) is 2.65. The molecule has 19 heavy (non-hydrogen) atoms. The summed E-state index contributed by atoms with van der Waals surface area (Å²) >= 11 is 0. The lowest BCUT2D eigenvalue weighted by Gasteiger charge is -2.22. The fraction of sp³-hybridized carbons (Fsp3) is 0.429. The number of carboxylic acids is 1. The Kier molecular flexibility index (Phi) is 3.21. The summed E-state index contributed by atoms with van der Waals surface area (Å²) in [5.74, 6) is -0.368. The zero-order valence-corrected chi connectivity index (χ0v) is 10.6. The minimum Gasteiger partial charge on any atom is -0.478 e. The Balaban J connectivity index is 1.96. The number of benzene rings is 1. The van der Waals surface area contributed by atoms with Gasteiger partial charge in [-0.2, -0.15) is 0 Å². The number of aromatic carboxylic acids is 1. The monoisotopic (exact) mass is 260 g/mol. The first kappa shape index (κ1) is 12.2. The van der Waals surface area contributed by atoms with E-state index < -0.39 is 5.97 Å². The highest BCUT2D eigenvalue weighted by atomic mass is 16.5. The van der Waals surface area contributed by atoms with E-state index in [-0.39, 0.29) is 0 Å². The molecule has 5 nitrogen and oxygen atoms in total. The highest BCUT2D eigenvalue weighted by Gasteiger charge is 2.18. The lowest BCUT2D eigenvalue weighted by Crippen LogP contribution is -2.20. The van der Waals surface area contributed by atoms with Crippen LogP contribution in [-0.2, 0) is 11.3 Å². The van der Waals surface area contributed by atoms with Gasteiger partial charge in [0.15, 0.2) is 0 Å². The van der Waals surface area contributed by atoms with Gasteiger partial charge in [0.1, 0.15) is 0 Å². The molecule has 0 radical (unpaired) electrons. The van der Waals surface area contributed by atoms with Crippen molar-refractivity contribution in [3.8, 4) is 0 Å². The van der Waals surface area contributed by atoms with Crippen molar-refractivity contribution in [3.63, 3.8) is 0 Å². The molecule has 0 spiro atoms. The van der Waals surface area contributed by atoms with Gasteiger partial charge in [-0.3, -0.25) is 0 Å². The predicted octanol–water partition coefficient (Wildman–Crippen LogP) is 2.16. The number of carboxylic acid groups (broad SMARTS) is 1. The topological polar surface area (TPSA) is 64.3 Å². The maximum Gasteiger partial charge on any atom is 0.337 e. The van der Waals surface area contributed by atoms with E-state index in [4.69, 9.17) is 4.74 Å². The summed E-state index contributed by atoms with van der Waals surface area (Å²) in [5, 5.41) is 9.27. The van der Waals surface area contributed by atoms with E-state index in [2.05, 4.69) is 4.98 Å². The third-order valence-electron chi connectivity index (χ3n) is 3.66. The van der Waals surface area contributed by atoms with Crippen LogP contribution in [0.4, 0.5) is 0 Å². The molecule has 5 heteroatoms. The summed E-state index contributed by atoms with van der Waals surface area (Å²) < 4.78 is 7.32. The van der Waals surface area contributed by atoms with E-state index in [1.54, 1.807) is 18.5 Å². The van der Waals surface area contributed by atoms with Crippen molar-refractivity contribution < 1.29 is 14.6 Å². The first-order chi connectivity index (χ1) is 9.25. The molecular formula is C14H16N2O3. The molecule has 100 valence electrons. The Morgan fingerprint density at radius 1 is 1.42 bits per heavy atom. The number of imidazole rings is 1. The van der Waals surface area contributed by atoms with Gasteiger partial charge >= 0.3 is 5.97 Å². The molecule has 1 aliphatic rings. The molecule has 0 amide bonds. The highest BCUT2D eigenvalue weighted by Crippen LogP contribution is 2.22. The Morgan fingerprint density at radius 2 is 2.21 bits per heavy atom. The van der Waals surface area contributed by atoms with Gasteiger partial charge in [-0.25, -0.2) is 9.78 Å². The molecule has 1 aromatic carbocycles. The standard InChI is InChI=1S/C14H16N2O3/c17-14(18)11-2-1-3-12-13(11)16(9-15-12)8-10-4-6-19-7-5-10/h1-3,9-10H,4-8H2,(H,17,18). The molecule has 0 bridgehead atoms. The molecule has 2 heterocycles. The second-order valence-corrected chi connectivity index (χ2v) is 4.93. The van der Waals surface area contributed by atoms with E-state index in [9.17, 15) is 9.90 Å². The molecule has 0 saturated carbocycles. The Bertz CT molecular complexity index is 600. The molecule has 3 rings (SSSR count). The number of rotatable bonds is 3. The Morgan fingerprint density at radius 3 is 2.95 bits per heavy atom. The normalized spacial score (nSPS) is 16.8. The van der Waals surface area contributed by atoms with Crippen molar-refractivity contribution in [1.82, 2.24) is 9.55 Å². The number of hydrogen-bond acceptors (Lipinski definition) is 3. The summed E-state index contributed by atoms with van der Waals surface area (Å²) in [4.78, 5) is 15.6. The molecule has 1 fully saturated rings. The summed E-state index contributed by atoms with van der Waals surface area (Å²) in [6.07, 6.45) is 3.79. The van der Waals surface area contributed by atoms with Gasteiger partial charge < -0.3 is 14.4 Å². The van der Waals surface area contributed by atoms with Crippen LogP contribution in [0, 0.1) is 5.92 Å². The lowest BCUT2D eigenvalue weighted by atomic mass is 10.0. The molecule has 1 N–H and O–H groups in total. The summed E-state index contributed by atoms with van der Waals surface area (Å²) in [7, 11) is 0. The first-order valence-corrected chi connectivity index (χ1v) is 6.50. The minimum atomic E-state index is -0.903. The quantitative estimate of drug-likeness (QED) is 0.918. The molecular weight excluding hydrogens is 244 g/mol. The van der Waals surface area contributed by atoms with Crippen LogP contribution in [0.3, 0.4) is 0 Å². The summed E-state index contributed by atoms with van der Waals surface area (Å²) in [6.45, 7) is 2.40. The van der Waals surface area contributed by atoms with Crippen LogP contribution in [0.15, 0.2) is 24.5 Å². The van der Waals surface area contributed by atoms with Crippen LogP contribution < -0.4 is 0 Å². The average molecular weight is 260 g/mol. The van der Waals surface area contributed by atoms with E-state index in [1.165, 1.54) is 0 Å². The van der Waals surface area contributed by atoms with Crippen LogP contribution in [-0.4, -0.2) is 33.8 Å². The SMILES string of the molecule is O=C(O)c1cccc2ncn(CC3CCOCC3)c12. The Labute approximate surface area is 110 Å². The van der Waals surface area contributed by atoms with Crippen molar-refractivity contribution in [2.24, 2.45) is 5.92 Å². The van der Waals surface area contributed by atoms with Gasteiger partial charge in [0, 0.05) is 19.8 Å². The molecule has 1 aromatic heterocycles. The average Bonchev–Trinajstić information content (AvgIpc) is 2.83. The van der Waals surface area contributed by atoms with E-state index in [0.29, 0.717) is 11.5 Å². The van der Waals surface area contributed by atoms with Gasteiger partial charge in [0.05, 0.1) is 22.9 Å². The van der Waals surface area contributed by atoms with E-state index in [1.807, 2.05) is 10.6 Å². The van der Waals surface area contributed by atoms with Crippen LogP contribution in [0.25, 0.3) is 11.0 Å². The van der Waals surface area contributed by atoms with Gasteiger partial charge in [-0.1, -0.05) is 6.07 Å². The zero-order valence-electron chi connectivity index (χ0n) is 10.6. The van der Waals surface area contributed by atoms with Crippen molar-refractivity contribution >= 4 is 17.0 Å². The number of hydrogen-bond donors (Lipinski definition) is 1. The van der Waals surface area contributed by atoms with Crippen molar-refractivity contribution in [1.29, 1.82) is 0 Å². The third kappa shape index (κ3) is 2.33. The maximum atomic E-state index is 11.3. The highest BCUT2D eigenvalue weighted by molar-refractivity contribution is 6.01. The number of carbonyl (C=O) groups is 1. The molecule has 0 atom stereocenters. The largest absolute Gasteiger partial charge is 0.478 e. The predicted molar refractivity (Wildman–Crippen MR) is 70.2 cm³/mol. The molecule has 1 aliphatic heterocycles. The van der Waals surface area contributed by atoms with Gasteiger partial charge in [-0.15, -0.1) is 0 Å². The maximum absolute atomic E-state index is 11.3. The molecule has 0 unspecified atom stereocenters.